The second kappa shape index (κ2) is 6.15. The van der Waals surface area contributed by atoms with Gasteiger partial charge in [0.05, 0.1) is 4.90 Å². The van der Waals surface area contributed by atoms with Crippen LogP contribution in [0.3, 0.4) is 0 Å². The lowest BCUT2D eigenvalue weighted by molar-refractivity contribution is 0.569. The molecule has 1 aliphatic heterocycles. The predicted octanol–water partition coefficient (Wildman–Crippen LogP) is 2.04. The normalized spacial score (nSPS) is 15.7. The molecule has 1 aliphatic rings. The molecule has 0 bridgehead atoms. The Morgan fingerprint density at radius 1 is 1.26 bits per heavy atom. The molecule has 0 spiro atoms. The minimum Gasteiger partial charge on any atom is -0.340 e. The molecule has 23 heavy (non-hydrogen) atoms. The lowest BCUT2D eigenvalue weighted by Gasteiger charge is -2.24. The molecule has 0 unspecified atom stereocenters. The average Bonchev–Trinajstić information content (AvgIpc) is 2.95. The van der Waals surface area contributed by atoms with Crippen molar-refractivity contribution in [3.8, 4) is 0 Å². The van der Waals surface area contributed by atoms with E-state index in [0.29, 0.717) is 11.5 Å². The van der Waals surface area contributed by atoms with Crippen LogP contribution < -0.4 is 9.62 Å². The Kier molecular flexibility index (Phi) is 4.20. The SMILES string of the molecule is Cc1cc(F)ccc1S(=O)(=O)Nc1nc(N2CCCCC2)n[nH]1. The van der Waals surface area contributed by atoms with Crippen LogP contribution in [0.5, 0.6) is 0 Å². The molecule has 9 heteroatoms. The van der Waals surface area contributed by atoms with Crippen molar-refractivity contribution in [3.05, 3.63) is 29.6 Å². The largest absolute Gasteiger partial charge is 0.340 e. The van der Waals surface area contributed by atoms with Crippen LogP contribution in [0.25, 0.3) is 0 Å². The molecule has 0 saturated carbocycles. The number of halogens is 1. The Balaban J connectivity index is 1.79. The Bertz CT molecular complexity index is 799. The van der Waals surface area contributed by atoms with E-state index >= 15 is 0 Å². The summed E-state index contributed by atoms with van der Waals surface area (Å²) in [5.41, 5.74) is 0.327. The summed E-state index contributed by atoms with van der Waals surface area (Å²) in [6.45, 7) is 3.26. The van der Waals surface area contributed by atoms with Crippen LogP contribution >= 0.6 is 0 Å². The molecular weight excluding hydrogens is 321 g/mol. The maximum absolute atomic E-state index is 13.1. The van der Waals surface area contributed by atoms with E-state index in [1.165, 1.54) is 25.5 Å². The van der Waals surface area contributed by atoms with E-state index in [4.69, 9.17) is 0 Å². The van der Waals surface area contributed by atoms with Crippen LogP contribution in [-0.2, 0) is 10.0 Å². The van der Waals surface area contributed by atoms with E-state index < -0.39 is 15.8 Å². The number of rotatable bonds is 4. The maximum atomic E-state index is 13.1. The van der Waals surface area contributed by atoms with Crippen LogP contribution in [0, 0.1) is 12.7 Å². The molecule has 0 amide bonds. The van der Waals surface area contributed by atoms with E-state index in [2.05, 4.69) is 19.9 Å². The molecule has 1 aromatic carbocycles. The number of aromatic amines is 1. The van der Waals surface area contributed by atoms with Crippen LogP contribution in [0.15, 0.2) is 23.1 Å². The zero-order valence-electron chi connectivity index (χ0n) is 12.7. The molecule has 7 nitrogen and oxygen atoms in total. The van der Waals surface area contributed by atoms with Crippen LogP contribution in [0.1, 0.15) is 24.8 Å². The van der Waals surface area contributed by atoms with Crippen molar-refractivity contribution in [2.45, 2.75) is 31.1 Å². The molecular formula is C14H18FN5O2S. The fourth-order valence-corrected chi connectivity index (χ4v) is 3.82. The van der Waals surface area contributed by atoms with Crippen LogP contribution in [0.4, 0.5) is 16.3 Å². The second-order valence-corrected chi connectivity index (χ2v) is 7.20. The highest BCUT2D eigenvalue weighted by Gasteiger charge is 2.21. The number of hydrogen-bond donors (Lipinski definition) is 2. The third kappa shape index (κ3) is 3.44. The van der Waals surface area contributed by atoms with Crippen molar-refractivity contribution in [1.82, 2.24) is 15.2 Å². The first-order valence-electron chi connectivity index (χ1n) is 7.42. The minimum atomic E-state index is -3.85. The van der Waals surface area contributed by atoms with Crippen molar-refractivity contribution in [3.63, 3.8) is 0 Å². The van der Waals surface area contributed by atoms with Gasteiger partial charge in [-0.1, -0.05) is 0 Å². The number of nitrogens with one attached hydrogen (secondary N) is 2. The fourth-order valence-electron chi connectivity index (χ4n) is 2.63. The van der Waals surface area contributed by atoms with Gasteiger partial charge in [0.25, 0.3) is 10.0 Å². The Morgan fingerprint density at radius 3 is 2.70 bits per heavy atom. The Labute approximate surface area is 134 Å². The second-order valence-electron chi connectivity index (χ2n) is 5.55. The third-order valence-corrected chi connectivity index (χ3v) is 5.27. The van der Waals surface area contributed by atoms with E-state index in [-0.39, 0.29) is 10.8 Å². The number of benzene rings is 1. The molecule has 0 atom stereocenters. The van der Waals surface area contributed by atoms with Crippen LogP contribution in [-0.4, -0.2) is 36.7 Å². The summed E-state index contributed by atoms with van der Waals surface area (Å²) in [5.74, 6) is 0.0565. The Morgan fingerprint density at radius 2 is 2.00 bits per heavy atom. The first-order chi connectivity index (χ1) is 11.0. The van der Waals surface area contributed by atoms with Gasteiger partial charge in [-0.15, -0.1) is 5.10 Å². The van der Waals surface area contributed by atoms with Crippen molar-refractivity contribution < 1.29 is 12.8 Å². The summed E-state index contributed by atoms with van der Waals surface area (Å²) in [5, 5.41) is 6.65. The Hall–Kier alpha value is -2.16. The summed E-state index contributed by atoms with van der Waals surface area (Å²) in [6.07, 6.45) is 3.33. The average molecular weight is 339 g/mol. The smallest absolute Gasteiger partial charge is 0.264 e. The molecule has 2 aromatic rings. The van der Waals surface area contributed by atoms with Crippen molar-refractivity contribution in [1.29, 1.82) is 0 Å². The number of anilines is 2. The zero-order valence-corrected chi connectivity index (χ0v) is 13.5. The standard InChI is InChI=1S/C14H18FN5O2S/c1-10-9-11(15)5-6-12(10)23(21,22)19-13-16-14(18-17-13)20-7-3-2-4-8-20/h5-6,9H,2-4,7-8H2,1H3,(H2,16,17,18,19). The minimum absolute atomic E-state index is 0.00909. The number of sulfonamides is 1. The first kappa shape index (κ1) is 15.7. The van der Waals surface area contributed by atoms with E-state index in [0.717, 1.165) is 32.0 Å². The summed E-state index contributed by atoms with van der Waals surface area (Å²) in [4.78, 5) is 6.21. The lowest BCUT2D eigenvalue weighted by atomic mass is 10.1. The van der Waals surface area contributed by atoms with Gasteiger partial charge in [-0.05, 0) is 49.9 Å². The highest BCUT2D eigenvalue weighted by atomic mass is 32.2. The zero-order chi connectivity index (χ0) is 16.4. The van der Waals surface area contributed by atoms with E-state index in [1.54, 1.807) is 0 Å². The summed E-state index contributed by atoms with van der Waals surface area (Å²) >= 11 is 0. The maximum Gasteiger partial charge on any atom is 0.264 e. The molecule has 2 heterocycles. The van der Waals surface area contributed by atoms with Crippen molar-refractivity contribution >= 4 is 21.9 Å². The predicted molar refractivity (Wildman–Crippen MR) is 84.4 cm³/mol. The van der Waals surface area contributed by atoms with Gasteiger partial charge in [0.2, 0.25) is 11.9 Å². The summed E-state index contributed by atoms with van der Waals surface area (Å²) in [7, 11) is -3.85. The molecule has 1 aromatic heterocycles. The molecule has 0 aliphatic carbocycles. The molecule has 2 N–H and O–H groups in total. The molecule has 124 valence electrons. The number of hydrogen-bond acceptors (Lipinski definition) is 5. The van der Waals surface area contributed by atoms with Crippen LogP contribution in [0.2, 0.25) is 0 Å². The number of H-pyrrole nitrogens is 1. The van der Waals surface area contributed by atoms with Gasteiger partial charge in [0.1, 0.15) is 5.82 Å². The van der Waals surface area contributed by atoms with Gasteiger partial charge in [0, 0.05) is 13.1 Å². The van der Waals surface area contributed by atoms with E-state index in [9.17, 15) is 12.8 Å². The monoisotopic (exact) mass is 339 g/mol. The van der Waals surface area contributed by atoms with Gasteiger partial charge in [-0.25, -0.2) is 22.6 Å². The number of aryl methyl sites for hydroxylation is 1. The molecule has 1 saturated heterocycles. The quantitative estimate of drug-likeness (QED) is 0.889. The van der Waals surface area contributed by atoms with Gasteiger partial charge >= 0.3 is 0 Å². The molecule has 1 fully saturated rings. The van der Waals surface area contributed by atoms with Crippen molar-refractivity contribution in [2.24, 2.45) is 0 Å². The lowest BCUT2D eigenvalue weighted by Crippen LogP contribution is -2.30. The third-order valence-electron chi connectivity index (χ3n) is 3.77. The van der Waals surface area contributed by atoms with Gasteiger partial charge in [0.15, 0.2) is 0 Å². The molecule has 0 radical (unpaired) electrons. The van der Waals surface area contributed by atoms with Gasteiger partial charge in [-0.2, -0.15) is 4.98 Å². The number of piperidine rings is 1. The first-order valence-corrected chi connectivity index (χ1v) is 8.90. The number of aromatic nitrogens is 3. The highest BCUT2D eigenvalue weighted by Crippen LogP contribution is 2.20. The number of nitrogens with zero attached hydrogens (tertiary/aromatic N) is 3. The van der Waals surface area contributed by atoms with E-state index in [1.807, 2.05) is 4.90 Å². The fraction of sp³-hybridized carbons (Fsp3) is 0.429. The summed E-state index contributed by atoms with van der Waals surface area (Å²) in [6, 6.07) is 3.52. The topological polar surface area (TPSA) is 91.0 Å². The molecule has 3 rings (SSSR count). The highest BCUT2D eigenvalue weighted by molar-refractivity contribution is 7.92. The van der Waals surface area contributed by atoms with Crippen molar-refractivity contribution in [2.75, 3.05) is 22.7 Å². The summed E-state index contributed by atoms with van der Waals surface area (Å²) < 4.78 is 40.2. The van der Waals surface area contributed by atoms with Gasteiger partial charge < -0.3 is 4.90 Å². The van der Waals surface area contributed by atoms with Gasteiger partial charge in [-0.3, -0.25) is 0 Å².